The number of para-hydroxylation sites is 1. The molecule has 1 heterocycles. The molecule has 3 aromatic rings. The van der Waals surface area contributed by atoms with Gasteiger partial charge in [0.25, 0.3) is 5.91 Å². The van der Waals surface area contributed by atoms with Gasteiger partial charge in [-0.15, -0.1) is 0 Å². The second-order valence-electron chi connectivity index (χ2n) is 5.57. The first kappa shape index (κ1) is 17.4. The molecule has 0 aliphatic rings. The Hall–Kier alpha value is -2.41. The van der Waals surface area contributed by atoms with Gasteiger partial charge in [-0.25, -0.2) is 0 Å². The third-order valence-corrected chi connectivity index (χ3v) is 4.25. The van der Waals surface area contributed by atoms with Crippen molar-refractivity contribution in [1.82, 2.24) is 15.6 Å². The molecule has 1 amide bonds. The zero-order chi connectivity index (χ0) is 17.8. The normalized spacial score (nSPS) is 11.1. The Bertz CT molecular complexity index is 984. The van der Waals surface area contributed by atoms with Gasteiger partial charge in [-0.2, -0.15) is 0 Å². The van der Waals surface area contributed by atoms with E-state index in [1.165, 1.54) is 0 Å². The molecule has 130 valence electrons. The second kappa shape index (κ2) is 7.65. The van der Waals surface area contributed by atoms with E-state index < -0.39 is 0 Å². The van der Waals surface area contributed by atoms with Gasteiger partial charge < -0.3 is 20.7 Å². The molecule has 0 aliphatic heterocycles. The number of hydrogen-bond acceptors (Lipinski definition) is 4. The Balaban J connectivity index is 2.00. The van der Waals surface area contributed by atoms with Crippen molar-refractivity contribution < 1.29 is 9.90 Å². The van der Waals surface area contributed by atoms with E-state index in [4.69, 9.17) is 16.7 Å². The average molecular weight is 360 g/mol. The third-order valence-electron chi connectivity index (χ3n) is 3.93. The quantitative estimate of drug-likeness (QED) is 0.397. The Morgan fingerprint density at radius 3 is 2.72 bits per heavy atom. The topological polar surface area (TPSA) is 94.2 Å². The van der Waals surface area contributed by atoms with Crippen molar-refractivity contribution in [3.63, 3.8) is 0 Å². The molecule has 0 spiro atoms. The molecule has 25 heavy (non-hydrogen) atoms. The van der Waals surface area contributed by atoms with Gasteiger partial charge in [0, 0.05) is 30.5 Å². The number of carbonyl (C=O) groups is 1. The summed E-state index contributed by atoms with van der Waals surface area (Å²) in [6, 6.07) is 10.3. The van der Waals surface area contributed by atoms with Crippen molar-refractivity contribution in [1.29, 1.82) is 0 Å². The van der Waals surface area contributed by atoms with E-state index in [0.29, 0.717) is 52.0 Å². The summed E-state index contributed by atoms with van der Waals surface area (Å²) < 4.78 is 0. The number of halogens is 1. The second-order valence-corrected chi connectivity index (χ2v) is 5.98. The number of fused-ring (bicyclic) bond motifs is 2. The third kappa shape index (κ3) is 3.51. The molecule has 0 unspecified atom stereocenters. The lowest BCUT2D eigenvalue weighted by molar-refractivity contribution is 0.0955. The molecule has 4 N–H and O–H groups in total. The van der Waals surface area contributed by atoms with Crippen molar-refractivity contribution in [2.75, 3.05) is 26.2 Å². The first-order valence-electron chi connectivity index (χ1n) is 7.96. The van der Waals surface area contributed by atoms with Crippen LogP contribution < -0.4 is 16.1 Å². The summed E-state index contributed by atoms with van der Waals surface area (Å²) in [7, 11) is 0. The highest BCUT2D eigenvalue weighted by molar-refractivity contribution is 6.36. The number of aliphatic hydroxyl groups is 1. The van der Waals surface area contributed by atoms with Crippen molar-refractivity contribution in [3.8, 4) is 0 Å². The number of H-pyrrole nitrogens is 1. The number of aromatic amines is 1. The number of rotatable bonds is 6. The van der Waals surface area contributed by atoms with Gasteiger partial charge in [0.05, 0.1) is 28.1 Å². The van der Waals surface area contributed by atoms with Crippen LogP contribution >= 0.6 is 11.6 Å². The maximum atomic E-state index is 12.7. The van der Waals surface area contributed by atoms with Crippen LogP contribution in [0.4, 0.5) is 0 Å². The van der Waals surface area contributed by atoms with Crippen molar-refractivity contribution in [2.24, 2.45) is 0 Å². The molecule has 1 aromatic heterocycles. The van der Waals surface area contributed by atoms with Gasteiger partial charge in [-0.05, 0) is 24.3 Å². The van der Waals surface area contributed by atoms with E-state index in [0.717, 1.165) is 0 Å². The summed E-state index contributed by atoms with van der Waals surface area (Å²) in [5.74, 6) is -0.293. The van der Waals surface area contributed by atoms with Crippen molar-refractivity contribution >= 4 is 39.3 Å². The Morgan fingerprint density at radius 2 is 1.92 bits per heavy atom. The lowest BCUT2D eigenvalue weighted by Gasteiger charge is -2.10. The van der Waals surface area contributed by atoms with Crippen LogP contribution in [0.5, 0.6) is 0 Å². The van der Waals surface area contributed by atoms with Crippen LogP contribution in [0.15, 0.2) is 41.2 Å². The predicted octanol–water partition coefficient (Wildman–Crippen LogP) is 1.65. The number of amides is 1. The highest BCUT2D eigenvalue weighted by Crippen LogP contribution is 2.25. The van der Waals surface area contributed by atoms with Gasteiger partial charge in [0.2, 0.25) is 0 Å². The number of aliphatic hydroxyl groups excluding tert-OH is 1. The zero-order valence-electron chi connectivity index (χ0n) is 13.4. The largest absolute Gasteiger partial charge is 0.395 e. The molecule has 3 rings (SSSR count). The Labute approximate surface area is 148 Å². The molecule has 2 aromatic carbocycles. The highest BCUT2D eigenvalue weighted by Gasteiger charge is 2.16. The first-order valence-corrected chi connectivity index (χ1v) is 8.34. The fraction of sp³-hybridized carbons (Fsp3) is 0.222. The molecule has 0 fully saturated rings. The molecule has 0 bridgehead atoms. The SMILES string of the molecule is O=C(NCCNCCO)c1ccc(Cl)c2c(=O)c3ccccc3[nH]c12. The van der Waals surface area contributed by atoms with E-state index in [9.17, 15) is 9.59 Å². The fourth-order valence-electron chi connectivity index (χ4n) is 2.74. The van der Waals surface area contributed by atoms with Gasteiger partial charge in [-0.3, -0.25) is 9.59 Å². The number of hydrogen-bond donors (Lipinski definition) is 4. The van der Waals surface area contributed by atoms with Crippen LogP contribution in [-0.2, 0) is 0 Å². The van der Waals surface area contributed by atoms with Crippen molar-refractivity contribution in [2.45, 2.75) is 0 Å². The molecule has 0 aliphatic carbocycles. The minimum atomic E-state index is -0.293. The van der Waals surface area contributed by atoms with Crippen LogP contribution in [0.1, 0.15) is 10.4 Å². The molecule has 0 saturated heterocycles. The highest BCUT2D eigenvalue weighted by atomic mass is 35.5. The molecule has 6 nitrogen and oxygen atoms in total. The summed E-state index contributed by atoms with van der Waals surface area (Å²) in [4.78, 5) is 28.4. The molecular formula is C18H18ClN3O3. The number of benzene rings is 2. The average Bonchev–Trinajstić information content (AvgIpc) is 2.61. The number of aromatic nitrogens is 1. The predicted molar refractivity (Wildman–Crippen MR) is 99.4 cm³/mol. The lowest BCUT2D eigenvalue weighted by atomic mass is 10.1. The van der Waals surface area contributed by atoms with E-state index in [-0.39, 0.29) is 17.9 Å². The summed E-state index contributed by atoms with van der Waals surface area (Å²) >= 11 is 6.22. The van der Waals surface area contributed by atoms with E-state index in [2.05, 4.69) is 15.6 Å². The minimum absolute atomic E-state index is 0.0457. The van der Waals surface area contributed by atoms with Gasteiger partial charge in [0.1, 0.15) is 0 Å². The first-order chi connectivity index (χ1) is 12.1. The monoisotopic (exact) mass is 359 g/mol. The van der Waals surface area contributed by atoms with Crippen molar-refractivity contribution in [3.05, 3.63) is 57.2 Å². The van der Waals surface area contributed by atoms with Crippen LogP contribution in [0.2, 0.25) is 5.02 Å². The summed E-state index contributed by atoms with van der Waals surface area (Å²) in [6.45, 7) is 1.46. The van der Waals surface area contributed by atoms with Gasteiger partial charge >= 0.3 is 0 Å². The lowest BCUT2D eigenvalue weighted by Crippen LogP contribution is -2.33. The summed E-state index contributed by atoms with van der Waals surface area (Å²) in [6.07, 6.45) is 0. The van der Waals surface area contributed by atoms with E-state index >= 15 is 0 Å². The molecule has 0 saturated carbocycles. The standard InChI is InChI=1S/C18H18ClN3O3/c19-13-6-5-12(18(25)21-8-7-20-9-10-23)16-15(13)17(24)11-3-1-2-4-14(11)22-16/h1-6,20,23H,7-10H2,(H,21,25)(H,22,24). The zero-order valence-corrected chi connectivity index (χ0v) is 14.2. The van der Waals surface area contributed by atoms with E-state index in [1.807, 2.05) is 6.07 Å². The number of pyridine rings is 1. The molecular weight excluding hydrogens is 342 g/mol. The fourth-order valence-corrected chi connectivity index (χ4v) is 2.98. The van der Waals surface area contributed by atoms with E-state index in [1.54, 1.807) is 30.3 Å². The van der Waals surface area contributed by atoms with Crippen LogP contribution in [0.25, 0.3) is 21.8 Å². The van der Waals surface area contributed by atoms with Crippen LogP contribution in [0.3, 0.4) is 0 Å². The smallest absolute Gasteiger partial charge is 0.253 e. The van der Waals surface area contributed by atoms with Crippen LogP contribution in [0, 0.1) is 0 Å². The Kier molecular flexibility index (Phi) is 5.33. The van der Waals surface area contributed by atoms with Gasteiger partial charge in [-0.1, -0.05) is 23.7 Å². The number of nitrogens with one attached hydrogen (secondary N) is 3. The maximum absolute atomic E-state index is 12.7. The minimum Gasteiger partial charge on any atom is -0.395 e. The molecule has 0 atom stereocenters. The molecule has 0 radical (unpaired) electrons. The number of carbonyl (C=O) groups excluding carboxylic acids is 1. The van der Waals surface area contributed by atoms with Crippen LogP contribution in [-0.4, -0.2) is 42.2 Å². The maximum Gasteiger partial charge on any atom is 0.253 e. The summed E-state index contributed by atoms with van der Waals surface area (Å²) in [5, 5.41) is 15.6. The molecule has 7 heteroatoms. The Morgan fingerprint density at radius 1 is 1.12 bits per heavy atom. The van der Waals surface area contributed by atoms with Gasteiger partial charge in [0.15, 0.2) is 5.43 Å². The summed E-state index contributed by atoms with van der Waals surface area (Å²) in [5.41, 5.74) is 1.25.